The van der Waals surface area contributed by atoms with E-state index in [1.807, 2.05) is 0 Å². The van der Waals surface area contributed by atoms with Gasteiger partial charge in [-0.1, -0.05) is 15.9 Å². The molecule has 1 amide bonds. The first kappa shape index (κ1) is 12.6. The smallest absolute Gasteiger partial charge is 0.255 e. The summed E-state index contributed by atoms with van der Waals surface area (Å²) in [5, 5.41) is 9.38. The summed E-state index contributed by atoms with van der Waals surface area (Å²) in [4.78, 5) is 12.0. The SMILES string of the molecule is COc1cc(Br)ccc1C(=O)NCc1ccn[nH]1. The fourth-order valence-electron chi connectivity index (χ4n) is 1.51. The van der Waals surface area contributed by atoms with Gasteiger partial charge >= 0.3 is 0 Å². The lowest BCUT2D eigenvalue weighted by Crippen LogP contribution is -2.23. The first-order valence-electron chi connectivity index (χ1n) is 5.30. The summed E-state index contributed by atoms with van der Waals surface area (Å²) < 4.78 is 6.04. The minimum absolute atomic E-state index is 0.186. The molecule has 0 aliphatic rings. The van der Waals surface area contributed by atoms with Crippen molar-refractivity contribution in [3.8, 4) is 5.75 Å². The average molecular weight is 310 g/mol. The molecule has 0 saturated carbocycles. The Labute approximate surface area is 113 Å². The fraction of sp³-hybridized carbons (Fsp3) is 0.167. The number of H-pyrrole nitrogens is 1. The van der Waals surface area contributed by atoms with Crippen molar-refractivity contribution in [1.29, 1.82) is 0 Å². The number of amides is 1. The first-order valence-corrected chi connectivity index (χ1v) is 6.10. The maximum atomic E-state index is 12.0. The van der Waals surface area contributed by atoms with E-state index in [-0.39, 0.29) is 5.91 Å². The highest BCUT2D eigenvalue weighted by atomic mass is 79.9. The number of nitrogens with one attached hydrogen (secondary N) is 2. The van der Waals surface area contributed by atoms with Crippen LogP contribution in [-0.2, 0) is 6.54 Å². The van der Waals surface area contributed by atoms with Gasteiger partial charge < -0.3 is 10.1 Å². The Morgan fingerprint density at radius 1 is 1.50 bits per heavy atom. The van der Waals surface area contributed by atoms with E-state index < -0.39 is 0 Å². The molecule has 0 aliphatic carbocycles. The van der Waals surface area contributed by atoms with Crippen LogP contribution < -0.4 is 10.1 Å². The van der Waals surface area contributed by atoms with Crippen molar-refractivity contribution in [3.05, 3.63) is 46.2 Å². The largest absolute Gasteiger partial charge is 0.496 e. The quantitative estimate of drug-likeness (QED) is 0.909. The average Bonchev–Trinajstić information content (AvgIpc) is 2.88. The van der Waals surface area contributed by atoms with Crippen molar-refractivity contribution in [1.82, 2.24) is 15.5 Å². The van der Waals surface area contributed by atoms with E-state index in [0.717, 1.165) is 10.2 Å². The van der Waals surface area contributed by atoms with E-state index in [1.165, 1.54) is 7.11 Å². The van der Waals surface area contributed by atoms with Crippen molar-refractivity contribution < 1.29 is 9.53 Å². The second-order valence-electron chi connectivity index (χ2n) is 3.61. The molecule has 1 aromatic heterocycles. The van der Waals surface area contributed by atoms with Gasteiger partial charge in [0.2, 0.25) is 0 Å². The predicted molar refractivity (Wildman–Crippen MR) is 70.5 cm³/mol. The molecule has 0 bridgehead atoms. The van der Waals surface area contributed by atoms with E-state index in [0.29, 0.717) is 17.9 Å². The van der Waals surface area contributed by atoms with Crippen LogP contribution in [0.4, 0.5) is 0 Å². The van der Waals surface area contributed by atoms with Gasteiger partial charge in [-0.2, -0.15) is 5.10 Å². The van der Waals surface area contributed by atoms with Crippen LogP contribution in [0.1, 0.15) is 16.1 Å². The molecular formula is C12H12BrN3O2. The number of aromatic nitrogens is 2. The van der Waals surface area contributed by atoms with E-state index >= 15 is 0 Å². The van der Waals surface area contributed by atoms with Gasteiger partial charge in [-0.05, 0) is 24.3 Å². The van der Waals surface area contributed by atoms with Crippen LogP contribution in [0, 0.1) is 0 Å². The number of methoxy groups -OCH3 is 1. The zero-order valence-electron chi connectivity index (χ0n) is 9.74. The lowest BCUT2D eigenvalue weighted by molar-refractivity contribution is 0.0947. The molecule has 0 spiro atoms. The van der Waals surface area contributed by atoms with Crippen LogP contribution in [0.3, 0.4) is 0 Å². The number of carbonyl (C=O) groups excluding carboxylic acids is 1. The summed E-state index contributed by atoms with van der Waals surface area (Å²) >= 11 is 3.33. The number of aromatic amines is 1. The molecule has 94 valence electrons. The number of ether oxygens (including phenoxy) is 1. The van der Waals surface area contributed by atoms with E-state index in [9.17, 15) is 4.79 Å². The van der Waals surface area contributed by atoms with Crippen LogP contribution in [0.5, 0.6) is 5.75 Å². The lowest BCUT2D eigenvalue weighted by Gasteiger charge is -2.09. The predicted octanol–water partition coefficient (Wildman–Crippen LogP) is 2.11. The Morgan fingerprint density at radius 3 is 3.00 bits per heavy atom. The first-order chi connectivity index (χ1) is 8.70. The third-order valence-electron chi connectivity index (χ3n) is 2.41. The van der Waals surface area contributed by atoms with Crippen LogP contribution in [-0.4, -0.2) is 23.2 Å². The molecule has 5 nitrogen and oxygen atoms in total. The molecule has 0 radical (unpaired) electrons. The molecule has 18 heavy (non-hydrogen) atoms. The highest BCUT2D eigenvalue weighted by Crippen LogP contribution is 2.23. The van der Waals surface area contributed by atoms with E-state index in [2.05, 4.69) is 31.4 Å². The number of benzene rings is 1. The highest BCUT2D eigenvalue weighted by Gasteiger charge is 2.12. The number of hydrogen-bond acceptors (Lipinski definition) is 3. The summed E-state index contributed by atoms with van der Waals surface area (Å²) in [5.41, 5.74) is 1.35. The Kier molecular flexibility index (Phi) is 3.99. The van der Waals surface area contributed by atoms with Crippen LogP contribution in [0.25, 0.3) is 0 Å². The van der Waals surface area contributed by atoms with Crippen molar-refractivity contribution in [2.24, 2.45) is 0 Å². The molecule has 0 atom stereocenters. The van der Waals surface area contributed by atoms with Crippen LogP contribution in [0.2, 0.25) is 0 Å². The number of nitrogens with zero attached hydrogens (tertiary/aromatic N) is 1. The van der Waals surface area contributed by atoms with Crippen molar-refractivity contribution in [3.63, 3.8) is 0 Å². The summed E-state index contributed by atoms with van der Waals surface area (Å²) in [6.45, 7) is 0.401. The minimum Gasteiger partial charge on any atom is -0.496 e. The van der Waals surface area contributed by atoms with Crippen LogP contribution >= 0.6 is 15.9 Å². The molecule has 6 heteroatoms. The zero-order chi connectivity index (χ0) is 13.0. The third-order valence-corrected chi connectivity index (χ3v) is 2.90. The maximum absolute atomic E-state index is 12.0. The molecule has 2 rings (SSSR count). The maximum Gasteiger partial charge on any atom is 0.255 e. The molecule has 2 N–H and O–H groups in total. The molecule has 1 heterocycles. The highest BCUT2D eigenvalue weighted by molar-refractivity contribution is 9.10. The van der Waals surface area contributed by atoms with Crippen molar-refractivity contribution in [2.75, 3.05) is 7.11 Å². The van der Waals surface area contributed by atoms with Gasteiger partial charge in [0.1, 0.15) is 5.75 Å². The molecule has 0 aliphatic heterocycles. The van der Waals surface area contributed by atoms with Gasteiger partial charge in [0.25, 0.3) is 5.91 Å². The molecular weight excluding hydrogens is 298 g/mol. The number of carbonyl (C=O) groups is 1. The lowest BCUT2D eigenvalue weighted by atomic mass is 10.2. The normalized spacial score (nSPS) is 10.1. The van der Waals surface area contributed by atoms with Crippen molar-refractivity contribution in [2.45, 2.75) is 6.54 Å². The molecule has 0 saturated heterocycles. The molecule has 0 fully saturated rings. The van der Waals surface area contributed by atoms with Crippen molar-refractivity contribution >= 4 is 21.8 Å². The Bertz CT molecular complexity index is 540. The fourth-order valence-corrected chi connectivity index (χ4v) is 1.85. The molecule has 0 unspecified atom stereocenters. The topological polar surface area (TPSA) is 67.0 Å². The van der Waals surface area contributed by atoms with Gasteiger partial charge in [-0.25, -0.2) is 0 Å². The van der Waals surface area contributed by atoms with Gasteiger partial charge in [-0.3, -0.25) is 9.89 Å². The summed E-state index contributed by atoms with van der Waals surface area (Å²) in [6, 6.07) is 7.07. The molecule has 1 aromatic carbocycles. The Morgan fingerprint density at radius 2 is 2.33 bits per heavy atom. The minimum atomic E-state index is -0.186. The second-order valence-corrected chi connectivity index (χ2v) is 4.52. The van der Waals surface area contributed by atoms with Crippen LogP contribution in [0.15, 0.2) is 34.9 Å². The van der Waals surface area contributed by atoms with Gasteiger partial charge in [-0.15, -0.1) is 0 Å². The zero-order valence-corrected chi connectivity index (χ0v) is 11.3. The van der Waals surface area contributed by atoms with E-state index in [4.69, 9.17) is 4.74 Å². The summed E-state index contributed by atoms with van der Waals surface area (Å²) in [5.74, 6) is 0.348. The van der Waals surface area contributed by atoms with Gasteiger partial charge in [0.15, 0.2) is 0 Å². The van der Waals surface area contributed by atoms with Gasteiger partial charge in [0.05, 0.1) is 24.9 Å². The van der Waals surface area contributed by atoms with Gasteiger partial charge in [0, 0.05) is 10.7 Å². The second kappa shape index (κ2) is 5.68. The number of hydrogen-bond donors (Lipinski definition) is 2. The monoisotopic (exact) mass is 309 g/mol. The summed E-state index contributed by atoms with van der Waals surface area (Å²) in [7, 11) is 1.54. The third kappa shape index (κ3) is 2.89. The summed E-state index contributed by atoms with van der Waals surface area (Å²) in [6.07, 6.45) is 1.64. The standard InChI is InChI=1S/C12H12BrN3O2/c1-18-11-6-8(13)2-3-10(11)12(17)14-7-9-4-5-15-16-9/h2-6H,7H2,1H3,(H,14,17)(H,15,16). The Balaban J connectivity index is 2.09. The van der Waals surface area contributed by atoms with E-state index in [1.54, 1.807) is 30.5 Å². The number of rotatable bonds is 4. The Hall–Kier alpha value is -1.82. The number of halogens is 1. The molecule has 2 aromatic rings.